The van der Waals surface area contributed by atoms with E-state index in [0.717, 1.165) is 57.1 Å². The summed E-state index contributed by atoms with van der Waals surface area (Å²) in [7, 11) is 1.61. The zero-order valence-corrected chi connectivity index (χ0v) is 46.4. The first-order valence-corrected chi connectivity index (χ1v) is 28.0. The number of amides is 2. The van der Waals surface area contributed by atoms with Crippen molar-refractivity contribution in [2.75, 3.05) is 44.9 Å². The average Bonchev–Trinajstić information content (AvgIpc) is 3.97. The minimum atomic E-state index is -0.993. The Morgan fingerprint density at radius 2 is 1.67 bits per heavy atom. The van der Waals surface area contributed by atoms with Gasteiger partial charge in [-0.1, -0.05) is 67.6 Å². The maximum Gasteiger partial charge on any atom is 0.319 e. The van der Waals surface area contributed by atoms with E-state index in [-0.39, 0.29) is 62.6 Å². The molecule has 4 aromatic carbocycles. The van der Waals surface area contributed by atoms with Crippen LogP contribution in [0.3, 0.4) is 0 Å². The van der Waals surface area contributed by atoms with Gasteiger partial charge in [-0.15, -0.1) is 5.10 Å². The van der Waals surface area contributed by atoms with Gasteiger partial charge in [-0.05, 0) is 104 Å². The summed E-state index contributed by atoms with van der Waals surface area (Å²) >= 11 is 0. The molecule has 4 aromatic heterocycles. The first kappa shape index (κ1) is 55.1. The van der Waals surface area contributed by atoms with Gasteiger partial charge in [0.1, 0.15) is 48.1 Å². The maximum absolute atomic E-state index is 16.1. The molecule has 0 spiro atoms. The molecule has 8 aromatic rings. The van der Waals surface area contributed by atoms with Gasteiger partial charge in [-0.2, -0.15) is 20.2 Å². The normalized spacial score (nSPS) is 18.0. The SMILES string of the molecule is CCn1nccc1-c1ccc([C@H](CO)NC(=O)[C@@H]2C[C@@H](O)CN2C(=O)[C@H](C(C)C)n2cc(-c3ccc(COc4c(-c5c(C)c(F)cc6[nH]ncc56)c(C5CC5)cc5c(N6CCC(O)CC6)nc(OC[C@H](C)OC)nc45)cc3)nn2)cc1. The molecule has 11 rings (SSSR count). The lowest BCUT2D eigenvalue weighted by molar-refractivity contribution is -0.142. The van der Waals surface area contributed by atoms with Crippen LogP contribution in [0.5, 0.6) is 11.8 Å². The quantitative estimate of drug-likeness (QED) is 0.0493. The molecule has 21 heteroatoms. The highest BCUT2D eigenvalue weighted by molar-refractivity contribution is 6.06. The molecular formula is C60H69FN12O8. The number of halogens is 1. The number of H-pyrrole nitrogens is 1. The highest BCUT2D eigenvalue weighted by atomic mass is 19.1. The standard InChI is InChI=1S/C60H69FN12O8/c1-7-72-50(18-21-63-72)40-16-14-39(15-17-40)49(30-74)64-58(77)51-24-42(76)28-71(51)59(78)55(33(2)3)73-29-48(68-69-73)38-10-8-36(9-11-38)32-80-56-53(52-35(5)46(61)26-47-45(52)27-62-67-47)43(37-12-13-37)25-44-54(56)65-60(81-31-34(4)79-6)66-57(44)70-22-19-41(75)20-23-70/h8-11,14-18,21,25-27,29,33-34,37,41-42,49,51,55,74-76H,7,12-13,19-20,22-24,28,30-32H2,1-6H3,(H,62,67)(H,64,77)/t34-,42+,49-,51-,55-/m0/s1. The van der Waals surface area contributed by atoms with Crippen LogP contribution in [0.15, 0.2) is 85.3 Å². The molecule has 0 radical (unpaired) electrons. The number of nitrogens with zero attached hydrogens (tertiary/aromatic N) is 10. The fourth-order valence-corrected chi connectivity index (χ4v) is 11.3. The number of aryl methyl sites for hydroxylation is 1. The van der Waals surface area contributed by atoms with Crippen molar-refractivity contribution in [3.8, 4) is 45.4 Å². The first-order valence-electron chi connectivity index (χ1n) is 28.0. The largest absolute Gasteiger partial charge is 0.486 e. The minimum Gasteiger partial charge on any atom is -0.486 e. The van der Waals surface area contributed by atoms with E-state index >= 15 is 4.39 Å². The summed E-state index contributed by atoms with van der Waals surface area (Å²) in [5, 5.41) is 57.0. The number of rotatable bonds is 20. The molecule has 1 aliphatic carbocycles. The van der Waals surface area contributed by atoms with Crippen LogP contribution in [0.4, 0.5) is 10.2 Å². The summed E-state index contributed by atoms with van der Waals surface area (Å²) in [4.78, 5) is 42.3. The molecule has 81 heavy (non-hydrogen) atoms. The van der Waals surface area contributed by atoms with E-state index in [0.29, 0.717) is 77.5 Å². The van der Waals surface area contributed by atoms with Crippen molar-refractivity contribution in [3.63, 3.8) is 0 Å². The molecule has 0 bridgehead atoms. The lowest BCUT2D eigenvalue weighted by atomic mass is 9.88. The summed E-state index contributed by atoms with van der Waals surface area (Å²) in [6.45, 7) is 11.2. The molecule has 20 nitrogen and oxygen atoms in total. The first-order chi connectivity index (χ1) is 39.2. The molecule has 1 saturated carbocycles. The van der Waals surface area contributed by atoms with E-state index < -0.39 is 42.1 Å². The van der Waals surface area contributed by atoms with Gasteiger partial charge >= 0.3 is 6.01 Å². The highest BCUT2D eigenvalue weighted by Crippen LogP contribution is 2.53. The molecule has 3 fully saturated rings. The van der Waals surface area contributed by atoms with Gasteiger partial charge in [0.15, 0.2) is 5.75 Å². The molecular weight excluding hydrogens is 1040 g/mol. The van der Waals surface area contributed by atoms with Crippen molar-refractivity contribution in [2.24, 2.45) is 5.92 Å². The predicted molar refractivity (Wildman–Crippen MR) is 302 cm³/mol. The number of fused-ring (bicyclic) bond motifs is 2. The van der Waals surface area contributed by atoms with Crippen LogP contribution in [0.1, 0.15) is 100 Å². The third kappa shape index (κ3) is 11.2. The minimum absolute atomic E-state index is 0.0319. The van der Waals surface area contributed by atoms with Crippen molar-refractivity contribution in [2.45, 2.75) is 122 Å². The molecule has 5 atom stereocenters. The van der Waals surface area contributed by atoms with E-state index in [9.17, 15) is 24.9 Å². The Morgan fingerprint density at radius 1 is 0.914 bits per heavy atom. The second kappa shape index (κ2) is 23.3. The molecule has 2 saturated heterocycles. The second-order valence-corrected chi connectivity index (χ2v) is 22.0. The van der Waals surface area contributed by atoms with Gasteiger partial charge in [0.05, 0.1) is 54.6 Å². The second-order valence-electron chi connectivity index (χ2n) is 22.0. The van der Waals surface area contributed by atoms with Crippen molar-refractivity contribution in [1.82, 2.24) is 55.2 Å². The van der Waals surface area contributed by atoms with Crippen LogP contribution in [-0.2, 0) is 27.5 Å². The number of carbonyl (C=O) groups is 2. The Labute approximate surface area is 468 Å². The number of piperidine rings is 1. The number of methoxy groups -OCH3 is 1. The van der Waals surface area contributed by atoms with Gasteiger partial charge in [-0.25, -0.2) is 9.07 Å². The fourth-order valence-electron chi connectivity index (χ4n) is 11.3. The molecule has 6 heterocycles. The molecule has 2 amide bonds. The zero-order chi connectivity index (χ0) is 56.6. The fraction of sp³-hybridized carbons (Fsp3) is 0.433. The van der Waals surface area contributed by atoms with Gasteiger partial charge in [0, 0.05) is 73.4 Å². The predicted octanol–water partition coefficient (Wildman–Crippen LogP) is 7.60. The number of hydrogen-bond donors (Lipinski definition) is 5. The van der Waals surface area contributed by atoms with E-state index in [1.54, 1.807) is 32.6 Å². The van der Waals surface area contributed by atoms with E-state index in [1.165, 1.54) is 15.6 Å². The number of likely N-dealkylation sites (tertiary alicyclic amines) is 1. The number of hydrogen-bond acceptors (Lipinski definition) is 15. The smallest absolute Gasteiger partial charge is 0.319 e. The molecule has 5 N–H and O–H groups in total. The monoisotopic (exact) mass is 1100 g/mol. The van der Waals surface area contributed by atoms with Crippen LogP contribution in [0, 0.1) is 18.7 Å². The van der Waals surface area contributed by atoms with Gasteiger partial charge in [0.25, 0.3) is 0 Å². The topological polar surface area (TPSA) is 244 Å². The Bertz CT molecular complexity index is 3550. The van der Waals surface area contributed by atoms with E-state index in [1.807, 2.05) is 87.0 Å². The summed E-state index contributed by atoms with van der Waals surface area (Å²) in [5.74, 6) is -0.254. The number of ether oxygens (including phenoxy) is 3. The number of anilines is 1. The summed E-state index contributed by atoms with van der Waals surface area (Å²) in [6.07, 6.45) is 6.64. The molecule has 424 valence electrons. The van der Waals surface area contributed by atoms with Crippen LogP contribution in [0.2, 0.25) is 0 Å². The average molecular weight is 1110 g/mol. The van der Waals surface area contributed by atoms with Crippen molar-refractivity contribution < 1.29 is 43.5 Å². The highest BCUT2D eigenvalue weighted by Gasteiger charge is 2.43. The lowest BCUT2D eigenvalue weighted by Crippen LogP contribution is -2.50. The molecule has 0 unspecified atom stereocenters. The Kier molecular flexibility index (Phi) is 15.9. The van der Waals surface area contributed by atoms with Crippen molar-refractivity contribution in [3.05, 3.63) is 113 Å². The van der Waals surface area contributed by atoms with Crippen LogP contribution >= 0.6 is 0 Å². The number of aliphatic hydroxyl groups is 3. The van der Waals surface area contributed by atoms with Crippen LogP contribution in [-0.4, -0.2) is 141 Å². The van der Waals surface area contributed by atoms with Crippen LogP contribution in [0.25, 0.3) is 55.4 Å². The Morgan fingerprint density at radius 3 is 2.37 bits per heavy atom. The number of carbonyl (C=O) groups excluding carboxylic acids is 2. The maximum atomic E-state index is 16.1. The van der Waals surface area contributed by atoms with Gasteiger partial charge in [0.2, 0.25) is 11.8 Å². The lowest BCUT2D eigenvalue weighted by Gasteiger charge is -2.32. The third-order valence-electron chi connectivity index (χ3n) is 16.1. The number of nitrogens with one attached hydrogen (secondary N) is 2. The van der Waals surface area contributed by atoms with Gasteiger partial charge < -0.3 is 44.6 Å². The summed E-state index contributed by atoms with van der Waals surface area (Å²) in [6, 6.07) is 18.3. The number of β-amino-alcohol motifs (C(OH)–C–C–N with tert-alkyl or cyclic N) is 1. The summed E-state index contributed by atoms with van der Waals surface area (Å²) in [5.41, 5.74) is 8.51. The van der Waals surface area contributed by atoms with E-state index in [2.05, 4.69) is 41.9 Å². The number of benzene rings is 4. The van der Waals surface area contributed by atoms with Crippen LogP contribution < -0.4 is 19.7 Å². The Balaban J connectivity index is 0.866. The van der Waals surface area contributed by atoms with Crippen molar-refractivity contribution >= 4 is 39.4 Å². The Hall–Kier alpha value is -7.85. The summed E-state index contributed by atoms with van der Waals surface area (Å²) < 4.78 is 38.3. The van der Waals surface area contributed by atoms with Crippen molar-refractivity contribution in [1.29, 1.82) is 0 Å². The number of aromatic nitrogens is 9. The zero-order valence-electron chi connectivity index (χ0n) is 46.4. The third-order valence-corrected chi connectivity index (χ3v) is 16.1. The number of aliphatic hydroxyl groups excluding tert-OH is 3. The molecule has 2 aliphatic heterocycles. The number of aromatic amines is 1. The van der Waals surface area contributed by atoms with E-state index in [4.69, 9.17) is 24.2 Å². The molecule has 3 aliphatic rings. The van der Waals surface area contributed by atoms with Gasteiger partial charge in [-0.3, -0.25) is 19.4 Å².